The quantitative estimate of drug-likeness (QED) is 0.657. The molecule has 3 rings (SSSR count). The highest BCUT2D eigenvalue weighted by molar-refractivity contribution is 5.46. The summed E-state index contributed by atoms with van der Waals surface area (Å²) in [4.78, 5) is 0. The van der Waals surface area contributed by atoms with Crippen LogP contribution in [0, 0.1) is 11.7 Å². The maximum absolute atomic E-state index is 14.6. The van der Waals surface area contributed by atoms with Gasteiger partial charge in [0.1, 0.15) is 0 Å². The van der Waals surface area contributed by atoms with Gasteiger partial charge in [-0.15, -0.1) is 13.2 Å². The fourth-order valence-corrected chi connectivity index (χ4v) is 3.30. The zero-order valence-corrected chi connectivity index (χ0v) is 12.8. The number of rotatable bonds is 5. The number of alkyl halides is 3. The van der Waals surface area contributed by atoms with E-state index in [4.69, 9.17) is 4.74 Å². The third-order valence-electron chi connectivity index (χ3n) is 4.80. The summed E-state index contributed by atoms with van der Waals surface area (Å²) in [6.07, 6.45) is 1.70. The molecule has 0 radical (unpaired) electrons. The Morgan fingerprint density at radius 1 is 1.00 bits per heavy atom. The van der Waals surface area contributed by atoms with Crippen molar-refractivity contribution in [2.24, 2.45) is 5.92 Å². The fourth-order valence-electron chi connectivity index (χ4n) is 3.30. The van der Waals surface area contributed by atoms with Gasteiger partial charge in [0.15, 0.2) is 11.6 Å². The zero-order valence-electron chi connectivity index (χ0n) is 12.8. The van der Waals surface area contributed by atoms with E-state index in [1.807, 2.05) is 0 Å². The molecule has 6 heteroatoms. The highest BCUT2D eigenvalue weighted by Gasteiger charge is 2.36. The van der Waals surface area contributed by atoms with Crippen molar-refractivity contribution in [3.63, 3.8) is 0 Å². The van der Waals surface area contributed by atoms with Crippen molar-refractivity contribution in [2.45, 2.75) is 57.2 Å². The van der Waals surface area contributed by atoms with Crippen LogP contribution in [0.15, 0.2) is 12.1 Å². The van der Waals surface area contributed by atoms with Crippen LogP contribution in [0.4, 0.5) is 17.6 Å². The van der Waals surface area contributed by atoms with Crippen LogP contribution in [0.5, 0.6) is 11.5 Å². The molecule has 2 nitrogen and oxygen atoms in total. The Morgan fingerprint density at radius 2 is 1.70 bits per heavy atom. The van der Waals surface area contributed by atoms with Crippen molar-refractivity contribution in [1.82, 2.24) is 0 Å². The van der Waals surface area contributed by atoms with Crippen molar-refractivity contribution in [2.75, 3.05) is 6.61 Å². The zero-order chi connectivity index (χ0) is 16.4. The van der Waals surface area contributed by atoms with Gasteiger partial charge in [-0.25, -0.2) is 4.39 Å². The number of hydrogen-bond donors (Lipinski definition) is 0. The molecule has 2 fully saturated rings. The lowest BCUT2D eigenvalue weighted by Crippen LogP contribution is -2.22. The third kappa shape index (κ3) is 3.90. The average molecular weight is 332 g/mol. The Morgan fingerprint density at radius 3 is 2.26 bits per heavy atom. The molecule has 0 amide bonds. The first-order chi connectivity index (χ1) is 10.9. The number of benzene rings is 1. The molecule has 0 heterocycles. The normalized spacial score (nSPS) is 19.7. The minimum atomic E-state index is -4.94. The molecule has 0 spiro atoms. The minimum absolute atomic E-state index is 0.0359. The van der Waals surface area contributed by atoms with Gasteiger partial charge in [0, 0.05) is 0 Å². The molecule has 128 valence electrons. The predicted octanol–water partition coefficient (Wildman–Crippen LogP) is 5.56. The number of halogens is 4. The molecule has 0 atom stereocenters. The smallest absolute Gasteiger partial charge is 0.489 e. The molecule has 0 aromatic heterocycles. The molecule has 1 aromatic carbocycles. The van der Waals surface area contributed by atoms with E-state index in [1.54, 1.807) is 6.07 Å². The van der Waals surface area contributed by atoms with Crippen LogP contribution in [0.25, 0.3) is 0 Å². The summed E-state index contributed by atoms with van der Waals surface area (Å²) in [5.41, 5.74) is 0.303. The van der Waals surface area contributed by atoms with Crippen LogP contribution < -0.4 is 9.47 Å². The SMILES string of the molecule is Fc1c(C2CCCC2)ccc(OCC2CCC2)c1OC(F)(F)F. The number of ether oxygens (including phenoxy) is 2. The van der Waals surface area contributed by atoms with Gasteiger partial charge in [0.25, 0.3) is 0 Å². The Hall–Kier alpha value is -1.46. The van der Waals surface area contributed by atoms with E-state index in [9.17, 15) is 17.6 Å². The maximum Gasteiger partial charge on any atom is 0.573 e. The first-order valence-electron chi connectivity index (χ1n) is 8.15. The van der Waals surface area contributed by atoms with Crippen LogP contribution >= 0.6 is 0 Å². The second kappa shape index (κ2) is 6.57. The molecular formula is C17H20F4O2. The van der Waals surface area contributed by atoms with Crippen molar-refractivity contribution in [3.05, 3.63) is 23.5 Å². The van der Waals surface area contributed by atoms with Gasteiger partial charge in [-0.1, -0.05) is 25.3 Å². The molecule has 0 aliphatic heterocycles. The van der Waals surface area contributed by atoms with E-state index in [2.05, 4.69) is 4.74 Å². The van der Waals surface area contributed by atoms with Crippen LogP contribution in [0.2, 0.25) is 0 Å². The lowest BCUT2D eigenvalue weighted by molar-refractivity contribution is -0.276. The summed E-state index contributed by atoms with van der Waals surface area (Å²) >= 11 is 0. The van der Waals surface area contributed by atoms with Crippen molar-refractivity contribution >= 4 is 0 Å². The van der Waals surface area contributed by atoms with Crippen LogP contribution in [-0.2, 0) is 0 Å². The molecule has 1 aromatic rings. The van der Waals surface area contributed by atoms with E-state index < -0.39 is 17.9 Å². The molecular weight excluding hydrogens is 312 g/mol. The summed E-state index contributed by atoms with van der Waals surface area (Å²) < 4.78 is 61.9. The molecule has 0 unspecified atom stereocenters. The molecule has 0 bridgehead atoms. The van der Waals surface area contributed by atoms with Gasteiger partial charge in [0.05, 0.1) is 6.61 Å². The van der Waals surface area contributed by atoms with Crippen LogP contribution in [0.3, 0.4) is 0 Å². The lowest BCUT2D eigenvalue weighted by atomic mass is 9.86. The van der Waals surface area contributed by atoms with E-state index in [1.165, 1.54) is 6.07 Å². The van der Waals surface area contributed by atoms with Crippen molar-refractivity contribution < 1.29 is 27.0 Å². The maximum atomic E-state index is 14.6. The molecule has 2 saturated carbocycles. The Labute approximate surface area is 132 Å². The largest absolute Gasteiger partial charge is 0.573 e. The van der Waals surface area contributed by atoms with Crippen LogP contribution in [0.1, 0.15) is 56.4 Å². The van der Waals surface area contributed by atoms with Gasteiger partial charge >= 0.3 is 6.36 Å². The Balaban J connectivity index is 1.85. The van der Waals surface area contributed by atoms with Gasteiger partial charge in [0.2, 0.25) is 5.75 Å². The molecule has 23 heavy (non-hydrogen) atoms. The second-order valence-electron chi connectivity index (χ2n) is 6.43. The Kier molecular flexibility index (Phi) is 4.69. The van der Waals surface area contributed by atoms with Crippen molar-refractivity contribution in [1.29, 1.82) is 0 Å². The van der Waals surface area contributed by atoms with Gasteiger partial charge in [-0.2, -0.15) is 0 Å². The Bertz CT molecular complexity index is 546. The highest BCUT2D eigenvalue weighted by atomic mass is 19.4. The molecule has 0 N–H and O–H groups in total. The van der Waals surface area contributed by atoms with Gasteiger partial charge in [-0.3, -0.25) is 0 Å². The van der Waals surface area contributed by atoms with E-state index in [0.717, 1.165) is 44.9 Å². The summed E-state index contributed by atoms with van der Waals surface area (Å²) in [7, 11) is 0. The first-order valence-corrected chi connectivity index (χ1v) is 8.15. The monoisotopic (exact) mass is 332 g/mol. The molecule has 0 saturated heterocycles. The number of hydrogen-bond acceptors (Lipinski definition) is 2. The lowest BCUT2D eigenvalue weighted by Gasteiger charge is -2.26. The van der Waals surface area contributed by atoms with Crippen LogP contribution in [-0.4, -0.2) is 13.0 Å². The van der Waals surface area contributed by atoms with Gasteiger partial charge < -0.3 is 9.47 Å². The summed E-state index contributed by atoms with van der Waals surface area (Å²) in [5, 5.41) is 0. The summed E-state index contributed by atoms with van der Waals surface area (Å²) in [6.45, 7) is 0.302. The fraction of sp³-hybridized carbons (Fsp3) is 0.647. The first kappa shape index (κ1) is 16.4. The topological polar surface area (TPSA) is 18.5 Å². The van der Waals surface area contributed by atoms with E-state index >= 15 is 0 Å². The predicted molar refractivity (Wildman–Crippen MR) is 77.1 cm³/mol. The average Bonchev–Trinajstić information content (AvgIpc) is 2.93. The highest BCUT2D eigenvalue weighted by Crippen LogP contribution is 2.43. The summed E-state index contributed by atoms with van der Waals surface area (Å²) in [5.74, 6) is -1.60. The minimum Gasteiger partial charge on any atom is -0.489 e. The van der Waals surface area contributed by atoms with E-state index in [0.29, 0.717) is 18.1 Å². The molecule has 2 aliphatic carbocycles. The molecule has 2 aliphatic rings. The second-order valence-corrected chi connectivity index (χ2v) is 6.43. The van der Waals surface area contributed by atoms with Crippen molar-refractivity contribution in [3.8, 4) is 11.5 Å². The van der Waals surface area contributed by atoms with Gasteiger partial charge in [-0.05, 0) is 49.1 Å². The standard InChI is InChI=1S/C17H20F4O2/c18-15-13(12-6-1-2-7-12)8-9-14(16(15)23-17(19,20)21)22-10-11-4-3-5-11/h8-9,11-12H,1-7,10H2. The summed E-state index contributed by atoms with van der Waals surface area (Å²) in [6, 6.07) is 2.96. The third-order valence-corrected chi connectivity index (χ3v) is 4.80. The van der Waals surface area contributed by atoms with E-state index in [-0.39, 0.29) is 11.7 Å².